The summed E-state index contributed by atoms with van der Waals surface area (Å²) in [5.41, 5.74) is 0. The molecule has 0 aromatic rings. The summed E-state index contributed by atoms with van der Waals surface area (Å²) in [6, 6.07) is 0. The molecule has 0 saturated heterocycles. The summed E-state index contributed by atoms with van der Waals surface area (Å²) in [5, 5.41) is 50.4. The van der Waals surface area contributed by atoms with Gasteiger partial charge in [0.1, 0.15) is 43.2 Å². The van der Waals surface area contributed by atoms with E-state index in [0.29, 0.717) is 12.8 Å². The van der Waals surface area contributed by atoms with E-state index < -0.39 is 75.7 Å². The van der Waals surface area contributed by atoms with Crippen LogP contribution in [0.2, 0.25) is 0 Å². The van der Waals surface area contributed by atoms with Crippen LogP contribution in [0.15, 0.2) is 0 Å². The first kappa shape index (κ1) is 66.9. The number of carbonyl (C=O) groups is 2. The molecule has 0 aromatic carbocycles. The molecule has 6 N–H and O–H groups in total. The van der Waals surface area contributed by atoms with E-state index in [2.05, 4.69) is 13.8 Å². The lowest BCUT2D eigenvalue weighted by Gasteiger charge is -2.41. The molecule has 14 heteroatoms. The van der Waals surface area contributed by atoms with Crippen LogP contribution in [0, 0.1) is 0 Å². The lowest BCUT2D eigenvalue weighted by Crippen LogP contribution is -2.64. The highest BCUT2D eigenvalue weighted by molar-refractivity contribution is 7.47. The van der Waals surface area contributed by atoms with Crippen LogP contribution in [-0.2, 0) is 32.7 Å². The van der Waals surface area contributed by atoms with Crippen molar-refractivity contribution < 1.29 is 63.1 Å². The minimum Gasteiger partial charge on any atom is -0.462 e. The Morgan fingerprint density at radius 2 is 0.643 bits per heavy atom. The Morgan fingerprint density at radius 3 is 0.943 bits per heavy atom. The van der Waals surface area contributed by atoms with Crippen molar-refractivity contribution in [3.8, 4) is 0 Å². The van der Waals surface area contributed by atoms with Gasteiger partial charge in [0, 0.05) is 12.8 Å². The van der Waals surface area contributed by atoms with Crippen molar-refractivity contribution in [1.82, 2.24) is 0 Å². The van der Waals surface area contributed by atoms with Gasteiger partial charge in [-0.05, 0) is 12.8 Å². The van der Waals surface area contributed by atoms with Gasteiger partial charge in [0.25, 0.3) is 0 Å². The summed E-state index contributed by atoms with van der Waals surface area (Å²) in [4.78, 5) is 36.0. The van der Waals surface area contributed by atoms with Crippen LogP contribution in [0.25, 0.3) is 0 Å². The summed E-state index contributed by atoms with van der Waals surface area (Å²) in [6.45, 7) is 3.38. The van der Waals surface area contributed by atoms with Gasteiger partial charge >= 0.3 is 19.8 Å². The van der Waals surface area contributed by atoms with Gasteiger partial charge in [0.2, 0.25) is 0 Å². The number of unbranched alkanes of at least 4 members (excludes halogenated alkanes) is 39. The number of aliphatic hydroxyl groups is 5. The Hall–Kier alpha value is -1.15. The van der Waals surface area contributed by atoms with Crippen molar-refractivity contribution in [3.05, 3.63) is 0 Å². The lowest BCUT2D eigenvalue weighted by atomic mass is 9.85. The van der Waals surface area contributed by atoms with Crippen LogP contribution in [0.4, 0.5) is 0 Å². The first-order valence-electron chi connectivity index (χ1n) is 29.3. The van der Waals surface area contributed by atoms with Crippen molar-refractivity contribution in [2.75, 3.05) is 13.2 Å². The highest BCUT2D eigenvalue weighted by Crippen LogP contribution is 2.47. The number of aliphatic hydroxyl groups excluding tert-OH is 5. The van der Waals surface area contributed by atoms with Gasteiger partial charge in [0.05, 0.1) is 6.61 Å². The first-order valence-corrected chi connectivity index (χ1v) is 30.8. The summed E-state index contributed by atoms with van der Waals surface area (Å²) < 4.78 is 33.8. The Bertz CT molecular complexity index is 1230. The van der Waals surface area contributed by atoms with Crippen molar-refractivity contribution in [1.29, 1.82) is 0 Å². The highest BCUT2D eigenvalue weighted by Gasteiger charge is 2.51. The van der Waals surface area contributed by atoms with Crippen LogP contribution in [0.3, 0.4) is 0 Å². The molecule has 1 rings (SSSR count). The Kier molecular flexibility index (Phi) is 44.3. The molecule has 6 atom stereocenters. The molecule has 0 bridgehead atoms. The molecule has 70 heavy (non-hydrogen) atoms. The molecule has 1 aliphatic rings. The molecule has 0 aromatic heterocycles. The number of ether oxygens (including phenoxy) is 2. The fourth-order valence-electron chi connectivity index (χ4n) is 9.53. The molecular weight excluding hydrogens is 912 g/mol. The molecule has 0 radical (unpaired) electrons. The van der Waals surface area contributed by atoms with Gasteiger partial charge in [-0.25, -0.2) is 4.57 Å². The molecule has 0 aliphatic heterocycles. The second kappa shape index (κ2) is 46.4. The largest absolute Gasteiger partial charge is 0.472 e. The molecule has 0 spiro atoms. The number of rotatable bonds is 51. The minimum atomic E-state index is -5.12. The lowest BCUT2D eigenvalue weighted by molar-refractivity contribution is -0.220. The van der Waals surface area contributed by atoms with Crippen LogP contribution >= 0.6 is 7.82 Å². The maximum absolute atomic E-state index is 12.9. The molecule has 0 amide bonds. The summed E-state index contributed by atoms with van der Waals surface area (Å²) in [5.74, 6) is -1.07. The number of phosphoric acid groups is 1. The number of phosphoric ester groups is 1. The fraction of sp³-hybridized carbons (Fsp3) is 0.964. The predicted octanol–water partition coefficient (Wildman–Crippen LogP) is 13.6. The van der Waals surface area contributed by atoms with E-state index >= 15 is 0 Å². The number of esters is 2. The Balaban J connectivity index is 2.31. The molecular formula is C56H109O13P. The number of hydrogen-bond donors (Lipinski definition) is 6. The Morgan fingerprint density at radius 1 is 0.386 bits per heavy atom. The topological polar surface area (TPSA) is 210 Å². The summed E-state index contributed by atoms with van der Waals surface area (Å²) in [7, 11) is -5.12. The van der Waals surface area contributed by atoms with Gasteiger partial charge < -0.3 is 39.9 Å². The van der Waals surface area contributed by atoms with E-state index in [1.54, 1.807) is 0 Å². The van der Waals surface area contributed by atoms with Gasteiger partial charge in [-0.15, -0.1) is 0 Å². The SMILES string of the molecule is CCCCCCCCCCCCCCCCCCCCCCCC(=O)OC(COC(=O)CCCCCCCCCCCCCCCCCCCCCC)COP(=O)(O)OC1C(O)C(O)C(O)C(O)C1O. The highest BCUT2D eigenvalue weighted by atomic mass is 31.2. The zero-order valence-electron chi connectivity index (χ0n) is 44.8. The summed E-state index contributed by atoms with van der Waals surface area (Å²) in [6.07, 6.45) is 38.6. The third kappa shape index (κ3) is 37.6. The molecule has 0 heterocycles. The van der Waals surface area contributed by atoms with Crippen LogP contribution in [0.1, 0.15) is 290 Å². The molecule has 1 aliphatic carbocycles. The zero-order chi connectivity index (χ0) is 51.3. The number of carbonyl (C=O) groups excluding carboxylic acids is 2. The minimum absolute atomic E-state index is 0.106. The van der Waals surface area contributed by atoms with Crippen molar-refractivity contribution in [2.45, 2.75) is 333 Å². The normalized spacial score (nSPS) is 20.6. The standard InChI is InChI=1S/C56H109O13P/c1-3-5-7-9-11-13-15-17-19-21-23-25-27-29-31-33-35-37-39-41-43-45-50(58)68-48(47-67-70(64,65)69-56-54(62)52(60)51(59)53(61)55(56)63)46-66-49(57)44-42-40-38-36-34-32-30-28-26-24-22-20-18-16-14-12-10-8-6-4-2/h48,51-56,59-63H,3-47H2,1-2H3,(H,64,65). The summed E-state index contributed by atoms with van der Waals surface area (Å²) >= 11 is 0. The molecule has 6 unspecified atom stereocenters. The van der Waals surface area contributed by atoms with E-state index in [4.69, 9.17) is 18.5 Å². The van der Waals surface area contributed by atoms with Gasteiger partial charge in [-0.2, -0.15) is 0 Å². The van der Waals surface area contributed by atoms with Crippen LogP contribution in [0.5, 0.6) is 0 Å². The van der Waals surface area contributed by atoms with Gasteiger partial charge in [0.15, 0.2) is 6.10 Å². The van der Waals surface area contributed by atoms with Crippen molar-refractivity contribution in [2.24, 2.45) is 0 Å². The van der Waals surface area contributed by atoms with Crippen LogP contribution in [-0.4, -0.2) is 98.3 Å². The zero-order valence-corrected chi connectivity index (χ0v) is 45.7. The average molecular weight is 1020 g/mol. The third-order valence-corrected chi connectivity index (χ3v) is 15.2. The second-order valence-corrected chi connectivity index (χ2v) is 22.3. The molecule has 416 valence electrons. The van der Waals surface area contributed by atoms with E-state index in [-0.39, 0.29) is 12.8 Å². The van der Waals surface area contributed by atoms with Crippen molar-refractivity contribution >= 4 is 19.8 Å². The van der Waals surface area contributed by atoms with Gasteiger partial charge in [-0.1, -0.05) is 264 Å². The van der Waals surface area contributed by atoms with E-state index in [1.807, 2.05) is 0 Å². The second-order valence-electron chi connectivity index (χ2n) is 20.9. The first-order chi connectivity index (χ1) is 33.9. The monoisotopic (exact) mass is 1020 g/mol. The van der Waals surface area contributed by atoms with Gasteiger partial charge in [-0.3, -0.25) is 18.6 Å². The van der Waals surface area contributed by atoms with Crippen LogP contribution < -0.4 is 0 Å². The molecule has 13 nitrogen and oxygen atoms in total. The molecule has 1 fully saturated rings. The van der Waals surface area contributed by atoms with Crippen molar-refractivity contribution in [3.63, 3.8) is 0 Å². The third-order valence-electron chi connectivity index (χ3n) is 14.2. The average Bonchev–Trinajstić information content (AvgIpc) is 3.34. The maximum atomic E-state index is 12.9. The Labute approximate surface area is 427 Å². The predicted molar refractivity (Wildman–Crippen MR) is 281 cm³/mol. The van der Waals surface area contributed by atoms with E-state index in [0.717, 1.165) is 38.5 Å². The quantitative estimate of drug-likeness (QED) is 0.0191. The molecule has 1 saturated carbocycles. The smallest absolute Gasteiger partial charge is 0.462 e. The number of hydrogen-bond acceptors (Lipinski definition) is 12. The maximum Gasteiger partial charge on any atom is 0.472 e. The van der Waals surface area contributed by atoms with E-state index in [1.165, 1.54) is 212 Å². The fourth-order valence-corrected chi connectivity index (χ4v) is 10.5. The van der Waals surface area contributed by atoms with E-state index in [9.17, 15) is 44.6 Å².